The number of hydrogen-bond acceptors (Lipinski definition) is 6. The molecule has 0 aliphatic heterocycles. The molecule has 0 fully saturated rings. The number of ether oxygens (including phenoxy) is 1. The molecule has 0 aliphatic rings. The zero-order chi connectivity index (χ0) is 13.4. The minimum atomic E-state index is -0.0469. The van der Waals surface area contributed by atoms with E-state index in [1.165, 1.54) is 0 Å². The number of anilines is 2. The monoisotopic (exact) mass is 254 g/mol. The van der Waals surface area contributed by atoms with Crippen LogP contribution in [0, 0.1) is 0 Å². The lowest BCUT2D eigenvalue weighted by molar-refractivity contribution is 0.178. The Morgan fingerprint density at radius 2 is 2.11 bits per heavy atom. The first-order valence-electron chi connectivity index (χ1n) is 6.17. The van der Waals surface area contributed by atoms with E-state index in [9.17, 15) is 0 Å². The second-order valence-electron chi connectivity index (χ2n) is 4.14. The van der Waals surface area contributed by atoms with Gasteiger partial charge >= 0.3 is 0 Å². The smallest absolute Gasteiger partial charge is 0.158 e. The van der Waals surface area contributed by atoms with Crippen LogP contribution in [0.15, 0.2) is 6.07 Å². The summed E-state index contributed by atoms with van der Waals surface area (Å²) in [5, 5.41) is 15.4. The predicted octanol–water partition coefficient (Wildman–Crippen LogP) is 1.24. The topological polar surface area (TPSA) is 79.3 Å². The van der Waals surface area contributed by atoms with E-state index < -0.39 is 0 Å². The van der Waals surface area contributed by atoms with Gasteiger partial charge in [-0.05, 0) is 13.3 Å². The summed E-state index contributed by atoms with van der Waals surface area (Å²) < 4.78 is 5.04. The van der Waals surface area contributed by atoms with Crippen LogP contribution in [0.1, 0.15) is 26.1 Å². The molecule has 1 aromatic heterocycles. The zero-order valence-corrected chi connectivity index (χ0v) is 11.2. The zero-order valence-electron chi connectivity index (χ0n) is 11.2. The van der Waals surface area contributed by atoms with E-state index >= 15 is 0 Å². The van der Waals surface area contributed by atoms with Crippen molar-refractivity contribution >= 4 is 11.6 Å². The van der Waals surface area contributed by atoms with Gasteiger partial charge in [-0.3, -0.25) is 0 Å². The number of methoxy groups -OCH3 is 1. The van der Waals surface area contributed by atoms with Crippen molar-refractivity contribution in [3.05, 3.63) is 11.9 Å². The molecule has 0 radical (unpaired) electrons. The fraction of sp³-hybridized carbons (Fsp3) is 0.667. The van der Waals surface area contributed by atoms with Gasteiger partial charge in [-0.25, -0.2) is 9.97 Å². The van der Waals surface area contributed by atoms with Crippen LogP contribution in [0.4, 0.5) is 11.6 Å². The van der Waals surface area contributed by atoms with Gasteiger partial charge in [-0.1, -0.05) is 6.92 Å². The molecule has 1 heterocycles. The Labute approximate surface area is 108 Å². The van der Waals surface area contributed by atoms with E-state index in [-0.39, 0.29) is 12.6 Å². The van der Waals surface area contributed by atoms with E-state index in [0.717, 1.165) is 18.8 Å². The maximum absolute atomic E-state index is 9.03. The summed E-state index contributed by atoms with van der Waals surface area (Å²) in [5.74, 6) is 2.08. The maximum atomic E-state index is 9.03. The van der Waals surface area contributed by atoms with E-state index in [2.05, 4.69) is 27.5 Å². The lowest BCUT2D eigenvalue weighted by Gasteiger charge is -2.14. The van der Waals surface area contributed by atoms with Gasteiger partial charge in [0, 0.05) is 25.8 Å². The van der Waals surface area contributed by atoms with E-state index in [0.29, 0.717) is 18.2 Å². The van der Waals surface area contributed by atoms with Crippen LogP contribution in [-0.4, -0.2) is 41.4 Å². The van der Waals surface area contributed by atoms with Crippen molar-refractivity contribution in [2.75, 3.05) is 30.9 Å². The third kappa shape index (κ3) is 4.85. The van der Waals surface area contributed by atoms with Crippen molar-refractivity contribution in [1.29, 1.82) is 0 Å². The van der Waals surface area contributed by atoms with Crippen LogP contribution >= 0.6 is 0 Å². The number of nitrogens with one attached hydrogen (secondary N) is 2. The molecule has 0 saturated heterocycles. The van der Waals surface area contributed by atoms with Gasteiger partial charge in [0.2, 0.25) is 0 Å². The Kier molecular flexibility index (Phi) is 6.38. The van der Waals surface area contributed by atoms with Gasteiger partial charge in [-0.2, -0.15) is 0 Å². The normalized spacial score (nSPS) is 12.2. The largest absolute Gasteiger partial charge is 0.394 e. The molecular weight excluding hydrogens is 232 g/mol. The van der Waals surface area contributed by atoms with E-state index in [1.54, 1.807) is 7.11 Å². The second kappa shape index (κ2) is 7.84. The third-order valence-corrected chi connectivity index (χ3v) is 2.27. The lowest BCUT2D eigenvalue weighted by atomic mass is 10.3. The molecule has 0 aliphatic carbocycles. The van der Waals surface area contributed by atoms with Crippen LogP contribution in [0.25, 0.3) is 0 Å². The lowest BCUT2D eigenvalue weighted by Crippen LogP contribution is -2.21. The Morgan fingerprint density at radius 1 is 1.39 bits per heavy atom. The highest BCUT2D eigenvalue weighted by molar-refractivity contribution is 5.48. The summed E-state index contributed by atoms with van der Waals surface area (Å²) in [6.45, 7) is 5.26. The first kappa shape index (κ1) is 14.7. The number of nitrogens with zero attached hydrogens (tertiary/aromatic N) is 2. The highest BCUT2D eigenvalue weighted by Gasteiger charge is 2.06. The third-order valence-electron chi connectivity index (χ3n) is 2.27. The SMILES string of the molecule is CCCNc1cc(NC(C)CO)nc(COC)n1. The number of aliphatic hydroxyl groups is 1. The van der Waals surface area contributed by atoms with E-state index in [4.69, 9.17) is 9.84 Å². The standard InChI is InChI=1S/C12H22N4O2/c1-4-5-13-10-6-11(14-9(2)7-17)16-12(15-10)8-18-3/h6,9,17H,4-5,7-8H2,1-3H3,(H2,13,14,15,16). The maximum Gasteiger partial charge on any atom is 0.158 e. The molecular formula is C12H22N4O2. The highest BCUT2D eigenvalue weighted by atomic mass is 16.5. The average Bonchev–Trinajstić information content (AvgIpc) is 2.36. The van der Waals surface area contributed by atoms with Gasteiger partial charge in [0.15, 0.2) is 5.82 Å². The quantitative estimate of drug-likeness (QED) is 0.647. The minimum absolute atomic E-state index is 0.0469. The number of aliphatic hydroxyl groups excluding tert-OH is 1. The molecule has 1 atom stereocenters. The second-order valence-corrected chi connectivity index (χ2v) is 4.14. The molecule has 18 heavy (non-hydrogen) atoms. The van der Waals surface area contributed by atoms with Crippen molar-refractivity contribution in [2.45, 2.75) is 32.9 Å². The molecule has 0 saturated carbocycles. The van der Waals surface area contributed by atoms with Crippen molar-refractivity contribution in [1.82, 2.24) is 9.97 Å². The van der Waals surface area contributed by atoms with Crippen molar-refractivity contribution in [2.24, 2.45) is 0 Å². The van der Waals surface area contributed by atoms with Gasteiger partial charge in [0.25, 0.3) is 0 Å². The van der Waals surface area contributed by atoms with Crippen molar-refractivity contribution < 1.29 is 9.84 Å². The van der Waals surface area contributed by atoms with Gasteiger partial charge in [0.1, 0.15) is 18.2 Å². The first-order chi connectivity index (χ1) is 8.69. The van der Waals surface area contributed by atoms with Gasteiger partial charge < -0.3 is 20.5 Å². The predicted molar refractivity (Wildman–Crippen MR) is 71.7 cm³/mol. The Hall–Kier alpha value is -1.40. The summed E-state index contributed by atoms with van der Waals surface area (Å²) >= 11 is 0. The highest BCUT2D eigenvalue weighted by Crippen LogP contribution is 2.13. The molecule has 0 aromatic carbocycles. The summed E-state index contributed by atoms with van der Waals surface area (Å²) in [4.78, 5) is 8.66. The molecule has 3 N–H and O–H groups in total. The van der Waals surface area contributed by atoms with Crippen LogP contribution in [0.2, 0.25) is 0 Å². The summed E-state index contributed by atoms with van der Waals surface area (Å²) in [6, 6.07) is 1.79. The Balaban J connectivity index is 2.83. The first-order valence-corrected chi connectivity index (χ1v) is 6.17. The Bertz CT molecular complexity index is 360. The molecule has 102 valence electrons. The molecule has 0 amide bonds. The summed E-state index contributed by atoms with van der Waals surface area (Å²) in [5.41, 5.74) is 0. The van der Waals surface area contributed by atoms with Gasteiger partial charge in [-0.15, -0.1) is 0 Å². The number of hydrogen-bond donors (Lipinski definition) is 3. The van der Waals surface area contributed by atoms with E-state index in [1.807, 2.05) is 13.0 Å². The average molecular weight is 254 g/mol. The van der Waals surface area contributed by atoms with Crippen LogP contribution < -0.4 is 10.6 Å². The fourth-order valence-corrected chi connectivity index (χ4v) is 1.41. The number of aromatic nitrogens is 2. The summed E-state index contributed by atoms with van der Waals surface area (Å²) in [7, 11) is 1.61. The fourth-order valence-electron chi connectivity index (χ4n) is 1.41. The molecule has 1 unspecified atom stereocenters. The van der Waals surface area contributed by atoms with Crippen molar-refractivity contribution in [3.8, 4) is 0 Å². The van der Waals surface area contributed by atoms with Crippen LogP contribution in [-0.2, 0) is 11.3 Å². The Morgan fingerprint density at radius 3 is 2.72 bits per heavy atom. The van der Waals surface area contributed by atoms with Crippen LogP contribution in [0.3, 0.4) is 0 Å². The molecule has 6 nitrogen and oxygen atoms in total. The molecule has 6 heteroatoms. The van der Waals surface area contributed by atoms with Crippen molar-refractivity contribution in [3.63, 3.8) is 0 Å². The van der Waals surface area contributed by atoms with Crippen LogP contribution in [0.5, 0.6) is 0 Å². The summed E-state index contributed by atoms with van der Waals surface area (Å²) in [6.07, 6.45) is 1.03. The molecule has 0 spiro atoms. The molecule has 1 aromatic rings. The van der Waals surface area contributed by atoms with Gasteiger partial charge in [0.05, 0.1) is 6.61 Å². The minimum Gasteiger partial charge on any atom is -0.394 e. The molecule has 1 rings (SSSR count). The number of rotatable bonds is 8. The molecule has 0 bridgehead atoms.